The first-order valence-corrected chi connectivity index (χ1v) is 10.3. The van der Waals surface area contributed by atoms with E-state index < -0.39 is 16.1 Å². The van der Waals surface area contributed by atoms with Crippen LogP contribution in [-0.4, -0.2) is 40.1 Å². The molecule has 27 heavy (non-hydrogen) atoms. The lowest BCUT2D eigenvalue weighted by atomic mass is 10.1. The van der Waals surface area contributed by atoms with Gasteiger partial charge in [-0.15, -0.1) is 0 Å². The number of nitrogens with zero attached hydrogens (tertiary/aromatic N) is 1. The predicted octanol–water partition coefficient (Wildman–Crippen LogP) is 2.32. The number of carbonyl (C=O) groups is 1. The zero-order valence-electron chi connectivity index (χ0n) is 15.7. The van der Waals surface area contributed by atoms with Crippen molar-refractivity contribution < 1.29 is 17.9 Å². The molecule has 1 atom stereocenters. The molecule has 0 aromatic heterocycles. The summed E-state index contributed by atoms with van der Waals surface area (Å²) < 4.78 is 33.3. The van der Waals surface area contributed by atoms with Gasteiger partial charge in [0, 0.05) is 12.2 Å². The smallest absolute Gasteiger partial charge is 0.253 e. The third kappa shape index (κ3) is 4.55. The number of amides is 1. The highest BCUT2D eigenvalue weighted by Crippen LogP contribution is 2.22. The van der Waals surface area contributed by atoms with E-state index in [0.29, 0.717) is 12.1 Å². The van der Waals surface area contributed by atoms with Gasteiger partial charge >= 0.3 is 0 Å². The molecule has 3 rings (SSSR count). The molecule has 0 radical (unpaired) electrons. The molecule has 1 saturated heterocycles. The second kappa shape index (κ2) is 7.80. The second-order valence-corrected chi connectivity index (χ2v) is 8.64. The van der Waals surface area contributed by atoms with E-state index in [1.165, 1.54) is 0 Å². The molecule has 144 valence electrons. The number of ether oxygens (including phenoxy) is 1. The highest BCUT2D eigenvalue weighted by molar-refractivity contribution is 7.89. The minimum Gasteiger partial charge on any atom is -0.365 e. The van der Waals surface area contributed by atoms with Gasteiger partial charge in [0.25, 0.3) is 5.91 Å². The minimum absolute atomic E-state index is 0.0657. The fourth-order valence-electron chi connectivity index (χ4n) is 3.24. The molecule has 0 bridgehead atoms. The van der Waals surface area contributed by atoms with E-state index in [2.05, 4.69) is 4.72 Å². The second-order valence-electron chi connectivity index (χ2n) is 6.90. The maximum absolute atomic E-state index is 12.6. The van der Waals surface area contributed by atoms with Crippen molar-refractivity contribution in [1.82, 2.24) is 4.72 Å². The van der Waals surface area contributed by atoms with Gasteiger partial charge in [-0.2, -0.15) is 0 Å². The van der Waals surface area contributed by atoms with Crippen molar-refractivity contribution in [3.63, 3.8) is 0 Å². The van der Waals surface area contributed by atoms with Gasteiger partial charge < -0.3 is 9.64 Å². The monoisotopic (exact) mass is 388 g/mol. The standard InChI is InChI=1S/C20H24N2O4S/c1-14-8-15(2)10-17(9-14)22-12-18(26-13-20(22)23)11-21-27(24,25)19-7-5-4-6-16(19)3/h4-10,18,21H,11-13H2,1-3H3. The molecule has 2 aromatic rings. The third-order valence-corrected chi connectivity index (χ3v) is 6.12. The van der Waals surface area contributed by atoms with E-state index >= 15 is 0 Å². The van der Waals surface area contributed by atoms with E-state index in [4.69, 9.17) is 4.74 Å². The zero-order valence-corrected chi connectivity index (χ0v) is 16.5. The Labute approximate surface area is 160 Å². The molecule has 1 aliphatic rings. The van der Waals surface area contributed by atoms with Crippen LogP contribution in [0.15, 0.2) is 47.4 Å². The quantitative estimate of drug-likeness (QED) is 0.853. The molecule has 1 aliphatic heterocycles. The van der Waals surface area contributed by atoms with Gasteiger partial charge in [0.15, 0.2) is 0 Å². The van der Waals surface area contributed by atoms with Gasteiger partial charge in [-0.05, 0) is 55.7 Å². The summed E-state index contributed by atoms with van der Waals surface area (Å²) in [6, 6.07) is 12.8. The lowest BCUT2D eigenvalue weighted by molar-refractivity contribution is -0.129. The van der Waals surface area contributed by atoms with E-state index in [-0.39, 0.29) is 24.0 Å². The van der Waals surface area contributed by atoms with Gasteiger partial charge in [0.2, 0.25) is 10.0 Å². The topological polar surface area (TPSA) is 75.7 Å². The lowest BCUT2D eigenvalue weighted by Gasteiger charge is -2.33. The Balaban J connectivity index is 1.71. The Kier molecular flexibility index (Phi) is 5.64. The molecule has 2 aromatic carbocycles. The van der Waals surface area contributed by atoms with E-state index in [0.717, 1.165) is 16.8 Å². The summed E-state index contributed by atoms with van der Waals surface area (Å²) in [6.45, 7) is 6.06. The normalized spacial score (nSPS) is 18.0. The van der Waals surface area contributed by atoms with Crippen molar-refractivity contribution in [2.24, 2.45) is 0 Å². The van der Waals surface area contributed by atoms with Crippen molar-refractivity contribution in [2.75, 3.05) is 24.6 Å². The fraction of sp³-hybridized carbons (Fsp3) is 0.350. The average molecular weight is 388 g/mol. The molecule has 7 heteroatoms. The van der Waals surface area contributed by atoms with Crippen LogP contribution in [0.1, 0.15) is 16.7 Å². The number of rotatable bonds is 5. The first kappa shape index (κ1) is 19.5. The van der Waals surface area contributed by atoms with Crippen molar-refractivity contribution in [2.45, 2.75) is 31.8 Å². The van der Waals surface area contributed by atoms with Crippen LogP contribution in [0.5, 0.6) is 0 Å². The Morgan fingerprint density at radius 2 is 1.78 bits per heavy atom. The summed E-state index contributed by atoms with van der Waals surface area (Å²) >= 11 is 0. The van der Waals surface area contributed by atoms with Crippen LogP contribution in [0.4, 0.5) is 5.69 Å². The van der Waals surface area contributed by atoms with Gasteiger partial charge in [0.1, 0.15) is 6.61 Å². The molecule has 0 saturated carbocycles. The molecule has 6 nitrogen and oxygen atoms in total. The largest absolute Gasteiger partial charge is 0.365 e. The molecular weight excluding hydrogens is 364 g/mol. The van der Waals surface area contributed by atoms with Crippen LogP contribution in [0, 0.1) is 20.8 Å². The molecule has 1 heterocycles. The molecule has 1 amide bonds. The third-order valence-electron chi connectivity index (χ3n) is 4.53. The summed E-state index contributed by atoms with van der Waals surface area (Å²) in [5, 5.41) is 0. The van der Waals surface area contributed by atoms with Crippen molar-refractivity contribution in [3.8, 4) is 0 Å². The number of aryl methyl sites for hydroxylation is 3. The summed E-state index contributed by atoms with van der Waals surface area (Å²) in [5.74, 6) is -0.127. The molecule has 1 fully saturated rings. The van der Waals surface area contributed by atoms with Crippen molar-refractivity contribution >= 4 is 21.6 Å². The van der Waals surface area contributed by atoms with Crippen LogP contribution in [0.25, 0.3) is 0 Å². The van der Waals surface area contributed by atoms with Crippen LogP contribution in [0.3, 0.4) is 0 Å². The molecular formula is C20H24N2O4S. The first-order valence-electron chi connectivity index (χ1n) is 8.82. The summed E-state index contributed by atoms with van der Waals surface area (Å²) in [6.07, 6.45) is -0.415. The predicted molar refractivity (Wildman–Crippen MR) is 104 cm³/mol. The Bertz CT molecular complexity index is 936. The summed E-state index contributed by atoms with van der Waals surface area (Å²) in [4.78, 5) is 14.2. The summed E-state index contributed by atoms with van der Waals surface area (Å²) in [5.41, 5.74) is 3.64. The molecule has 0 aliphatic carbocycles. The molecule has 1 N–H and O–H groups in total. The maximum atomic E-state index is 12.6. The number of sulfonamides is 1. The van der Waals surface area contributed by atoms with Gasteiger partial charge in [-0.25, -0.2) is 13.1 Å². The number of anilines is 1. The summed E-state index contributed by atoms with van der Waals surface area (Å²) in [7, 11) is -3.63. The van der Waals surface area contributed by atoms with Crippen LogP contribution in [0.2, 0.25) is 0 Å². The number of hydrogen-bond acceptors (Lipinski definition) is 4. The van der Waals surface area contributed by atoms with Crippen molar-refractivity contribution in [3.05, 3.63) is 59.2 Å². The fourth-order valence-corrected chi connectivity index (χ4v) is 4.55. The Morgan fingerprint density at radius 1 is 1.11 bits per heavy atom. The number of morpholine rings is 1. The van der Waals surface area contributed by atoms with Crippen LogP contribution in [-0.2, 0) is 19.6 Å². The number of carbonyl (C=O) groups excluding carboxylic acids is 1. The van der Waals surface area contributed by atoms with Crippen LogP contribution >= 0.6 is 0 Å². The van der Waals surface area contributed by atoms with Crippen molar-refractivity contribution in [1.29, 1.82) is 0 Å². The van der Waals surface area contributed by atoms with Gasteiger partial charge in [0.05, 0.1) is 17.5 Å². The lowest BCUT2D eigenvalue weighted by Crippen LogP contribution is -2.50. The zero-order chi connectivity index (χ0) is 19.6. The Hall–Kier alpha value is -2.22. The Morgan fingerprint density at radius 3 is 2.44 bits per heavy atom. The van der Waals surface area contributed by atoms with E-state index in [9.17, 15) is 13.2 Å². The first-order chi connectivity index (χ1) is 12.8. The highest BCUT2D eigenvalue weighted by atomic mass is 32.2. The molecule has 1 unspecified atom stereocenters. The average Bonchev–Trinajstić information content (AvgIpc) is 2.60. The van der Waals surface area contributed by atoms with E-state index in [1.54, 1.807) is 36.1 Å². The highest BCUT2D eigenvalue weighted by Gasteiger charge is 2.29. The van der Waals surface area contributed by atoms with Crippen LogP contribution < -0.4 is 9.62 Å². The van der Waals surface area contributed by atoms with E-state index in [1.807, 2.05) is 32.0 Å². The van der Waals surface area contributed by atoms with Gasteiger partial charge in [-0.1, -0.05) is 24.3 Å². The van der Waals surface area contributed by atoms with Gasteiger partial charge in [-0.3, -0.25) is 4.79 Å². The number of hydrogen-bond donors (Lipinski definition) is 1. The molecule has 0 spiro atoms. The number of benzene rings is 2. The minimum atomic E-state index is -3.63. The number of nitrogens with one attached hydrogen (secondary N) is 1. The maximum Gasteiger partial charge on any atom is 0.253 e. The SMILES string of the molecule is Cc1cc(C)cc(N2CC(CNS(=O)(=O)c3ccccc3C)OCC2=O)c1.